The molecule has 0 atom stereocenters. The molecule has 19 heavy (non-hydrogen) atoms. The Hall–Kier alpha value is -1.98. The van der Waals surface area contributed by atoms with Crippen molar-refractivity contribution in [1.29, 1.82) is 0 Å². The number of ether oxygens (including phenoxy) is 1. The molecular formula is C13H12F3NO2. The van der Waals surface area contributed by atoms with Gasteiger partial charge in [-0.1, -0.05) is 6.92 Å². The molecule has 0 saturated carbocycles. The second-order valence-electron chi connectivity index (χ2n) is 4.11. The maximum absolute atomic E-state index is 12.5. The van der Waals surface area contributed by atoms with Crippen molar-refractivity contribution in [2.45, 2.75) is 26.1 Å². The highest BCUT2D eigenvalue weighted by atomic mass is 19.4. The lowest BCUT2D eigenvalue weighted by atomic mass is 10.1. The summed E-state index contributed by atoms with van der Waals surface area (Å²) in [5, 5.41) is 0.442. The van der Waals surface area contributed by atoms with Gasteiger partial charge in [-0.3, -0.25) is 4.79 Å². The quantitative estimate of drug-likeness (QED) is 0.866. The van der Waals surface area contributed by atoms with E-state index in [-0.39, 0.29) is 19.0 Å². The van der Waals surface area contributed by atoms with Gasteiger partial charge in [-0.25, -0.2) is 0 Å². The normalized spacial score (nSPS) is 11.8. The van der Waals surface area contributed by atoms with E-state index < -0.39 is 11.7 Å². The molecule has 3 nitrogen and oxygen atoms in total. The third-order valence-electron chi connectivity index (χ3n) is 2.68. The van der Waals surface area contributed by atoms with Crippen molar-refractivity contribution in [2.24, 2.45) is 0 Å². The molecule has 0 bridgehead atoms. The standard InChI is InChI=1S/C13H12F3NO2/c1-2-12(18)19-7-10-6-8-5-9(13(14,15)16)3-4-11(8)17-10/h3-6,17H,2,7H2,1H3. The number of carbonyl (C=O) groups excluding carboxylic acids is 1. The lowest BCUT2D eigenvalue weighted by molar-refractivity contribution is -0.144. The Kier molecular flexibility index (Phi) is 3.50. The van der Waals surface area contributed by atoms with Crippen molar-refractivity contribution in [3.63, 3.8) is 0 Å². The summed E-state index contributed by atoms with van der Waals surface area (Å²) < 4.78 is 42.5. The van der Waals surface area contributed by atoms with Crippen LogP contribution in [0.4, 0.5) is 13.2 Å². The second kappa shape index (κ2) is 4.95. The van der Waals surface area contributed by atoms with Crippen LogP contribution in [0.5, 0.6) is 0 Å². The number of benzene rings is 1. The van der Waals surface area contributed by atoms with Crippen LogP contribution in [-0.2, 0) is 22.3 Å². The molecule has 102 valence electrons. The van der Waals surface area contributed by atoms with E-state index in [0.717, 1.165) is 12.1 Å². The van der Waals surface area contributed by atoms with Crippen LogP contribution in [0, 0.1) is 0 Å². The molecule has 1 aromatic heterocycles. The number of hydrogen-bond donors (Lipinski definition) is 1. The Morgan fingerprint density at radius 2 is 2.05 bits per heavy atom. The highest BCUT2D eigenvalue weighted by Crippen LogP contribution is 2.31. The number of carbonyl (C=O) groups is 1. The molecule has 0 fully saturated rings. The van der Waals surface area contributed by atoms with Gasteiger partial charge in [0.05, 0.1) is 11.3 Å². The van der Waals surface area contributed by atoms with E-state index in [2.05, 4.69) is 4.98 Å². The number of esters is 1. The summed E-state index contributed by atoms with van der Waals surface area (Å²) in [6.45, 7) is 1.70. The number of H-pyrrole nitrogens is 1. The summed E-state index contributed by atoms with van der Waals surface area (Å²) in [4.78, 5) is 13.9. The van der Waals surface area contributed by atoms with E-state index in [4.69, 9.17) is 4.74 Å². The van der Waals surface area contributed by atoms with Crippen LogP contribution in [0.1, 0.15) is 24.6 Å². The Balaban J connectivity index is 2.23. The molecule has 0 amide bonds. The van der Waals surface area contributed by atoms with Crippen molar-refractivity contribution < 1.29 is 22.7 Å². The first kappa shape index (κ1) is 13.5. The Bertz CT molecular complexity index is 601. The molecule has 0 aliphatic carbocycles. The Labute approximate surface area is 107 Å². The van der Waals surface area contributed by atoms with Gasteiger partial charge < -0.3 is 9.72 Å². The predicted molar refractivity (Wildman–Crippen MR) is 63.4 cm³/mol. The lowest BCUT2D eigenvalue weighted by Gasteiger charge is -2.05. The summed E-state index contributed by atoms with van der Waals surface area (Å²) in [5.74, 6) is -0.352. The van der Waals surface area contributed by atoms with Gasteiger partial charge in [0.1, 0.15) is 6.61 Å². The first-order chi connectivity index (χ1) is 8.90. The lowest BCUT2D eigenvalue weighted by Crippen LogP contribution is -2.03. The highest BCUT2D eigenvalue weighted by Gasteiger charge is 2.30. The third kappa shape index (κ3) is 3.07. The Morgan fingerprint density at radius 3 is 2.68 bits per heavy atom. The molecule has 0 aliphatic heterocycles. The summed E-state index contributed by atoms with van der Waals surface area (Å²) in [5.41, 5.74) is 0.447. The molecule has 2 aromatic rings. The SMILES string of the molecule is CCC(=O)OCc1cc2cc(C(F)(F)F)ccc2[nH]1. The molecule has 2 rings (SSSR count). The van der Waals surface area contributed by atoms with E-state index in [1.807, 2.05) is 0 Å². The summed E-state index contributed by atoms with van der Waals surface area (Å²) in [6, 6.07) is 4.99. The molecule has 0 radical (unpaired) electrons. The number of nitrogens with one attached hydrogen (secondary N) is 1. The number of rotatable bonds is 3. The fourth-order valence-electron chi connectivity index (χ4n) is 1.71. The third-order valence-corrected chi connectivity index (χ3v) is 2.68. The Morgan fingerprint density at radius 1 is 1.32 bits per heavy atom. The molecule has 1 aromatic carbocycles. The number of hydrogen-bond acceptors (Lipinski definition) is 2. The number of aromatic nitrogens is 1. The fraction of sp³-hybridized carbons (Fsp3) is 0.308. The van der Waals surface area contributed by atoms with E-state index >= 15 is 0 Å². The van der Waals surface area contributed by atoms with Crippen LogP contribution < -0.4 is 0 Å². The molecule has 1 N–H and O–H groups in total. The maximum atomic E-state index is 12.5. The van der Waals surface area contributed by atoms with E-state index in [1.165, 1.54) is 6.07 Å². The van der Waals surface area contributed by atoms with Gasteiger partial charge in [-0.2, -0.15) is 13.2 Å². The van der Waals surface area contributed by atoms with Gasteiger partial charge in [-0.05, 0) is 24.3 Å². The molecule has 1 heterocycles. The maximum Gasteiger partial charge on any atom is 0.416 e. The van der Waals surface area contributed by atoms with Crippen LogP contribution in [0.15, 0.2) is 24.3 Å². The zero-order valence-electron chi connectivity index (χ0n) is 10.2. The number of alkyl halides is 3. The monoisotopic (exact) mass is 271 g/mol. The van der Waals surface area contributed by atoms with Crippen molar-refractivity contribution in [3.05, 3.63) is 35.5 Å². The minimum Gasteiger partial charge on any atom is -0.459 e. The smallest absolute Gasteiger partial charge is 0.416 e. The number of halogens is 3. The van der Waals surface area contributed by atoms with Crippen molar-refractivity contribution in [3.8, 4) is 0 Å². The van der Waals surface area contributed by atoms with Crippen LogP contribution in [0.2, 0.25) is 0 Å². The summed E-state index contributed by atoms with van der Waals surface area (Å²) >= 11 is 0. The summed E-state index contributed by atoms with van der Waals surface area (Å²) in [6.07, 6.45) is -4.10. The minimum absolute atomic E-state index is 0.0305. The molecule has 0 saturated heterocycles. The van der Waals surface area contributed by atoms with Gasteiger partial charge in [0, 0.05) is 17.3 Å². The van der Waals surface area contributed by atoms with Crippen LogP contribution in [0.25, 0.3) is 10.9 Å². The van der Waals surface area contributed by atoms with Crippen molar-refractivity contribution >= 4 is 16.9 Å². The molecule has 0 aliphatic rings. The zero-order chi connectivity index (χ0) is 14.0. The van der Waals surface area contributed by atoms with Gasteiger partial charge in [0.25, 0.3) is 0 Å². The van der Waals surface area contributed by atoms with Gasteiger partial charge in [-0.15, -0.1) is 0 Å². The van der Waals surface area contributed by atoms with E-state index in [1.54, 1.807) is 13.0 Å². The fourth-order valence-corrected chi connectivity index (χ4v) is 1.71. The van der Waals surface area contributed by atoms with Gasteiger partial charge in [0.2, 0.25) is 0 Å². The van der Waals surface area contributed by atoms with E-state index in [0.29, 0.717) is 16.6 Å². The van der Waals surface area contributed by atoms with Crippen molar-refractivity contribution in [1.82, 2.24) is 4.98 Å². The second-order valence-corrected chi connectivity index (χ2v) is 4.11. The van der Waals surface area contributed by atoms with Crippen LogP contribution in [0.3, 0.4) is 0 Å². The number of aromatic amines is 1. The highest BCUT2D eigenvalue weighted by molar-refractivity contribution is 5.81. The number of fused-ring (bicyclic) bond motifs is 1. The van der Waals surface area contributed by atoms with E-state index in [9.17, 15) is 18.0 Å². The van der Waals surface area contributed by atoms with Crippen LogP contribution >= 0.6 is 0 Å². The predicted octanol–water partition coefficient (Wildman–Crippen LogP) is 3.64. The molecule has 6 heteroatoms. The zero-order valence-corrected chi connectivity index (χ0v) is 10.2. The average Bonchev–Trinajstić information content (AvgIpc) is 2.76. The first-order valence-corrected chi connectivity index (χ1v) is 5.74. The minimum atomic E-state index is -4.36. The van der Waals surface area contributed by atoms with Crippen molar-refractivity contribution in [2.75, 3.05) is 0 Å². The topological polar surface area (TPSA) is 42.1 Å². The summed E-state index contributed by atoms with van der Waals surface area (Å²) in [7, 11) is 0. The average molecular weight is 271 g/mol. The largest absolute Gasteiger partial charge is 0.459 e. The van der Waals surface area contributed by atoms with Gasteiger partial charge in [0.15, 0.2) is 0 Å². The molecule has 0 spiro atoms. The molecular weight excluding hydrogens is 259 g/mol. The molecule has 0 unspecified atom stereocenters. The van der Waals surface area contributed by atoms with Gasteiger partial charge >= 0.3 is 12.1 Å². The first-order valence-electron chi connectivity index (χ1n) is 5.74. The van der Waals surface area contributed by atoms with Crippen LogP contribution in [-0.4, -0.2) is 11.0 Å².